The van der Waals surface area contributed by atoms with Gasteiger partial charge in [-0.25, -0.2) is 4.79 Å². The molecule has 1 aliphatic heterocycles. The van der Waals surface area contributed by atoms with Gasteiger partial charge in [0.1, 0.15) is 0 Å². The number of hydrogen-bond acceptors (Lipinski definition) is 2. The van der Waals surface area contributed by atoms with Crippen LogP contribution in [0.5, 0.6) is 0 Å². The third kappa shape index (κ3) is 3.44. The van der Waals surface area contributed by atoms with Crippen molar-refractivity contribution in [2.45, 2.75) is 32.2 Å². The van der Waals surface area contributed by atoms with Crippen LogP contribution in [0, 0.1) is 11.8 Å². The van der Waals surface area contributed by atoms with E-state index in [4.69, 9.17) is 0 Å². The predicted octanol–water partition coefficient (Wildman–Crippen LogP) is 2.74. The number of carbonyl (C=O) groups is 1. The van der Waals surface area contributed by atoms with Crippen molar-refractivity contribution in [3.05, 3.63) is 12.2 Å². The monoisotopic (exact) mass is 268 g/mol. The number of urea groups is 1. The van der Waals surface area contributed by atoms with Gasteiger partial charge in [0.25, 0.3) is 0 Å². The molecule has 1 fully saturated rings. The molecule has 2 amide bonds. The zero-order valence-electron chi connectivity index (χ0n) is 11.4. The fraction of sp³-hybridized carbons (Fsp3) is 0.786. The van der Waals surface area contributed by atoms with Crippen LogP contribution in [0.15, 0.2) is 12.2 Å². The Labute approximate surface area is 114 Å². The van der Waals surface area contributed by atoms with Gasteiger partial charge < -0.3 is 10.2 Å². The van der Waals surface area contributed by atoms with Gasteiger partial charge in [-0.2, -0.15) is 11.8 Å². The van der Waals surface area contributed by atoms with Crippen molar-refractivity contribution in [1.29, 1.82) is 0 Å². The largest absolute Gasteiger partial charge is 0.336 e. The average Bonchev–Trinajstić information content (AvgIpc) is 2.80. The van der Waals surface area contributed by atoms with E-state index in [1.165, 1.54) is 0 Å². The average molecular weight is 268 g/mol. The standard InChI is InChI=1S/C14H24N2OS/c1-11(7-8-18-2)15-14(17)16-9-12-5-3-4-6-13(12)10-16/h3-4,11-13H,5-10H2,1-2H3,(H,15,17)/t11-,12-,13+/m1/s1. The smallest absolute Gasteiger partial charge is 0.317 e. The molecule has 0 bridgehead atoms. The van der Waals surface area contributed by atoms with E-state index >= 15 is 0 Å². The van der Waals surface area contributed by atoms with E-state index < -0.39 is 0 Å². The second kappa shape index (κ2) is 6.50. The second-order valence-electron chi connectivity index (χ2n) is 5.50. The molecule has 1 heterocycles. The predicted molar refractivity (Wildman–Crippen MR) is 77.9 cm³/mol. The molecule has 1 saturated heterocycles. The lowest BCUT2D eigenvalue weighted by atomic mass is 9.86. The number of thioether (sulfide) groups is 1. The molecule has 0 aromatic rings. The van der Waals surface area contributed by atoms with E-state index in [-0.39, 0.29) is 12.1 Å². The fourth-order valence-electron chi connectivity index (χ4n) is 2.85. The summed E-state index contributed by atoms with van der Waals surface area (Å²) in [5.41, 5.74) is 0. The minimum Gasteiger partial charge on any atom is -0.336 e. The van der Waals surface area contributed by atoms with Crippen LogP contribution in [0.4, 0.5) is 4.79 Å². The van der Waals surface area contributed by atoms with Crippen LogP contribution in [0.25, 0.3) is 0 Å². The zero-order valence-corrected chi connectivity index (χ0v) is 12.2. The number of hydrogen-bond donors (Lipinski definition) is 1. The van der Waals surface area contributed by atoms with Crippen molar-refractivity contribution in [1.82, 2.24) is 10.2 Å². The van der Waals surface area contributed by atoms with E-state index in [0.29, 0.717) is 11.8 Å². The second-order valence-corrected chi connectivity index (χ2v) is 6.49. The molecule has 102 valence electrons. The molecule has 0 aromatic carbocycles. The maximum atomic E-state index is 12.1. The van der Waals surface area contributed by atoms with Crippen LogP contribution in [-0.4, -0.2) is 42.1 Å². The molecule has 0 radical (unpaired) electrons. The number of likely N-dealkylation sites (tertiary alicyclic amines) is 1. The lowest BCUT2D eigenvalue weighted by Crippen LogP contribution is -2.43. The fourth-order valence-corrected chi connectivity index (χ4v) is 3.44. The molecule has 1 N–H and O–H groups in total. The molecule has 4 heteroatoms. The van der Waals surface area contributed by atoms with Crippen LogP contribution < -0.4 is 5.32 Å². The lowest BCUT2D eigenvalue weighted by Gasteiger charge is -2.20. The van der Waals surface area contributed by atoms with E-state index in [0.717, 1.165) is 38.1 Å². The van der Waals surface area contributed by atoms with Crippen molar-refractivity contribution >= 4 is 17.8 Å². The van der Waals surface area contributed by atoms with E-state index in [9.17, 15) is 4.79 Å². The van der Waals surface area contributed by atoms with Crippen LogP contribution in [0.1, 0.15) is 26.2 Å². The summed E-state index contributed by atoms with van der Waals surface area (Å²) in [6, 6.07) is 0.420. The maximum Gasteiger partial charge on any atom is 0.317 e. The van der Waals surface area contributed by atoms with Crippen molar-refractivity contribution < 1.29 is 4.79 Å². The Morgan fingerprint density at radius 2 is 2.00 bits per heavy atom. The molecule has 0 aromatic heterocycles. The van der Waals surface area contributed by atoms with E-state index in [1.54, 1.807) is 0 Å². The summed E-state index contributed by atoms with van der Waals surface area (Å²) < 4.78 is 0. The highest BCUT2D eigenvalue weighted by atomic mass is 32.2. The number of allylic oxidation sites excluding steroid dienone is 2. The molecule has 3 atom stereocenters. The molecule has 2 rings (SSSR count). The summed E-state index contributed by atoms with van der Waals surface area (Å²) in [4.78, 5) is 14.2. The molecular weight excluding hydrogens is 244 g/mol. The normalized spacial score (nSPS) is 28.0. The topological polar surface area (TPSA) is 32.3 Å². The Hall–Kier alpha value is -0.640. The summed E-state index contributed by atoms with van der Waals surface area (Å²) in [6.07, 6.45) is 9.99. The van der Waals surface area contributed by atoms with Gasteiger partial charge in [0.15, 0.2) is 0 Å². The van der Waals surface area contributed by atoms with Gasteiger partial charge >= 0.3 is 6.03 Å². The van der Waals surface area contributed by atoms with E-state index in [2.05, 4.69) is 30.6 Å². The summed E-state index contributed by atoms with van der Waals surface area (Å²) in [5, 5.41) is 3.12. The van der Waals surface area contributed by atoms with Crippen molar-refractivity contribution in [3.63, 3.8) is 0 Å². The highest BCUT2D eigenvalue weighted by Crippen LogP contribution is 2.32. The van der Waals surface area contributed by atoms with Crippen LogP contribution in [0.3, 0.4) is 0 Å². The molecule has 0 unspecified atom stereocenters. The first-order chi connectivity index (χ1) is 8.70. The minimum absolute atomic E-state index is 0.137. The summed E-state index contributed by atoms with van der Waals surface area (Å²) in [7, 11) is 0. The van der Waals surface area contributed by atoms with Gasteiger partial charge in [-0.15, -0.1) is 0 Å². The van der Waals surface area contributed by atoms with E-state index in [1.807, 2.05) is 16.7 Å². The summed E-state index contributed by atoms with van der Waals surface area (Å²) >= 11 is 1.83. The zero-order chi connectivity index (χ0) is 13.0. The number of amides is 2. The molecule has 0 spiro atoms. The number of fused-ring (bicyclic) bond motifs is 1. The molecule has 1 aliphatic carbocycles. The maximum absolute atomic E-state index is 12.1. The quantitative estimate of drug-likeness (QED) is 0.795. The van der Waals surface area contributed by atoms with Crippen molar-refractivity contribution in [3.8, 4) is 0 Å². The Balaban J connectivity index is 1.77. The van der Waals surface area contributed by atoms with Crippen molar-refractivity contribution in [2.24, 2.45) is 11.8 Å². The van der Waals surface area contributed by atoms with Crippen LogP contribution in [0.2, 0.25) is 0 Å². The SMILES string of the molecule is CSCC[C@@H](C)NC(=O)N1C[C@H]2CC=CC[C@H]2C1. The Morgan fingerprint density at radius 1 is 1.39 bits per heavy atom. The van der Waals surface area contributed by atoms with Gasteiger partial charge in [-0.05, 0) is 50.0 Å². The number of nitrogens with zero attached hydrogens (tertiary/aromatic N) is 1. The third-order valence-corrected chi connectivity index (χ3v) is 4.68. The van der Waals surface area contributed by atoms with Gasteiger partial charge in [-0.1, -0.05) is 12.2 Å². The van der Waals surface area contributed by atoms with Gasteiger partial charge in [0.05, 0.1) is 0 Å². The molecular formula is C14H24N2OS. The summed E-state index contributed by atoms with van der Waals surface area (Å²) in [6.45, 7) is 3.98. The Morgan fingerprint density at radius 3 is 2.56 bits per heavy atom. The number of nitrogens with one attached hydrogen (secondary N) is 1. The molecule has 3 nitrogen and oxygen atoms in total. The Bertz CT molecular complexity index is 303. The minimum atomic E-state index is 0.137. The first-order valence-electron chi connectivity index (χ1n) is 6.90. The lowest BCUT2D eigenvalue weighted by molar-refractivity contribution is 0.202. The molecule has 18 heavy (non-hydrogen) atoms. The van der Waals surface area contributed by atoms with Gasteiger partial charge in [0, 0.05) is 19.1 Å². The molecule has 2 aliphatic rings. The Kier molecular flexibility index (Phi) is 4.98. The van der Waals surface area contributed by atoms with Gasteiger partial charge in [0.2, 0.25) is 0 Å². The first kappa shape index (κ1) is 13.8. The number of rotatable bonds is 4. The van der Waals surface area contributed by atoms with Crippen LogP contribution >= 0.6 is 11.8 Å². The number of carbonyl (C=O) groups excluding carboxylic acids is 1. The van der Waals surface area contributed by atoms with Crippen molar-refractivity contribution in [2.75, 3.05) is 25.1 Å². The van der Waals surface area contributed by atoms with Crippen LogP contribution in [-0.2, 0) is 0 Å². The molecule has 0 saturated carbocycles. The third-order valence-electron chi connectivity index (χ3n) is 4.03. The summed E-state index contributed by atoms with van der Waals surface area (Å²) in [5.74, 6) is 2.50. The first-order valence-corrected chi connectivity index (χ1v) is 8.29. The van der Waals surface area contributed by atoms with Gasteiger partial charge in [-0.3, -0.25) is 0 Å². The highest BCUT2D eigenvalue weighted by Gasteiger charge is 2.35. The highest BCUT2D eigenvalue weighted by molar-refractivity contribution is 7.98.